The number of hydrogen-bond donors (Lipinski definition) is 1. The van der Waals surface area contributed by atoms with Crippen LogP contribution in [0.3, 0.4) is 0 Å². The third kappa shape index (κ3) is 4.33. The molecule has 1 heterocycles. The molecule has 170 valence electrons. The number of carbonyl (C=O) groups excluding carboxylic acids is 3. The Kier molecular flexibility index (Phi) is 6.45. The van der Waals surface area contributed by atoms with Crippen molar-refractivity contribution in [2.45, 2.75) is 39.8 Å². The van der Waals surface area contributed by atoms with Gasteiger partial charge in [-0.1, -0.05) is 61.0 Å². The van der Waals surface area contributed by atoms with Gasteiger partial charge >= 0.3 is 0 Å². The standard InChI is InChI=1S/C27H29N3O3/c1-4-22(26(32)28-5-2)29(16-19-10-6-9-18(3)15-19)24(31)17-30-23-14-8-12-20-11-7-13-21(25(20)23)27(30)33/h6-15,22H,4-5,16-17H2,1-3H3,(H,28,32). The Bertz CT molecular complexity index is 1210. The summed E-state index contributed by atoms with van der Waals surface area (Å²) in [5, 5.41) is 4.69. The lowest BCUT2D eigenvalue weighted by atomic mass is 10.1. The molecule has 0 aromatic heterocycles. The van der Waals surface area contributed by atoms with Crippen LogP contribution in [0.1, 0.15) is 41.8 Å². The summed E-state index contributed by atoms with van der Waals surface area (Å²) in [6, 6.07) is 18.6. The lowest BCUT2D eigenvalue weighted by Crippen LogP contribution is -2.52. The second-order valence-electron chi connectivity index (χ2n) is 8.40. The molecule has 0 saturated carbocycles. The zero-order valence-corrected chi connectivity index (χ0v) is 19.3. The van der Waals surface area contributed by atoms with E-state index in [4.69, 9.17) is 0 Å². The van der Waals surface area contributed by atoms with E-state index in [2.05, 4.69) is 5.32 Å². The number of amides is 3. The Morgan fingerprint density at radius 2 is 1.76 bits per heavy atom. The van der Waals surface area contributed by atoms with Crippen LogP contribution < -0.4 is 10.2 Å². The van der Waals surface area contributed by atoms with Crippen LogP contribution in [0.15, 0.2) is 60.7 Å². The van der Waals surface area contributed by atoms with Gasteiger partial charge in [0.05, 0.1) is 5.69 Å². The van der Waals surface area contributed by atoms with Crippen molar-refractivity contribution in [1.29, 1.82) is 0 Å². The molecule has 3 aromatic rings. The van der Waals surface area contributed by atoms with E-state index in [-0.39, 0.29) is 24.3 Å². The lowest BCUT2D eigenvalue weighted by Gasteiger charge is -2.32. The van der Waals surface area contributed by atoms with E-state index in [1.165, 1.54) is 4.90 Å². The molecule has 1 N–H and O–H groups in total. The maximum absolute atomic E-state index is 13.7. The van der Waals surface area contributed by atoms with Crippen LogP contribution in [0.5, 0.6) is 0 Å². The third-order valence-corrected chi connectivity index (χ3v) is 6.11. The first-order valence-electron chi connectivity index (χ1n) is 11.4. The first-order valence-corrected chi connectivity index (χ1v) is 11.4. The summed E-state index contributed by atoms with van der Waals surface area (Å²) in [5.74, 6) is -0.622. The topological polar surface area (TPSA) is 69.7 Å². The van der Waals surface area contributed by atoms with Crippen molar-refractivity contribution >= 4 is 34.2 Å². The predicted octanol–water partition coefficient (Wildman–Crippen LogP) is 4.05. The number of nitrogens with one attached hydrogen (secondary N) is 1. The number of nitrogens with zero attached hydrogens (tertiary/aromatic N) is 2. The van der Waals surface area contributed by atoms with Crippen LogP contribution in [-0.2, 0) is 16.1 Å². The average molecular weight is 444 g/mol. The van der Waals surface area contributed by atoms with Crippen LogP contribution >= 0.6 is 0 Å². The SMILES string of the molecule is CCNC(=O)C(CC)N(Cc1cccc(C)c1)C(=O)CN1C(=O)c2cccc3cccc1c23. The number of anilines is 1. The molecular formula is C27H29N3O3. The van der Waals surface area contributed by atoms with Gasteiger partial charge in [-0.05, 0) is 43.4 Å². The van der Waals surface area contributed by atoms with E-state index in [0.29, 0.717) is 25.1 Å². The van der Waals surface area contributed by atoms with E-state index in [9.17, 15) is 14.4 Å². The molecule has 0 saturated heterocycles. The molecule has 33 heavy (non-hydrogen) atoms. The van der Waals surface area contributed by atoms with Gasteiger partial charge in [0.15, 0.2) is 0 Å². The average Bonchev–Trinajstić information content (AvgIpc) is 3.07. The van der Waals surface area contributed by atoms with Crippen LogP contribution in [0.4, 0.5) is 5.69 Å². The molecule has 3 aromatic carbocycles. The minimum atomic E-state index is -0.617. The van der Waals surface area contributed by atoms with Crippen LogP contribution in [0, 0.1) is 6.92 Å². The van der Waals surface area contributed by atoms with E-state index in [1.54, 1.807) is 11.0 Å². The highest BCUT2D eigenvalue weighted by Gasteiger charge is 2.34. The van der Waals surface area contributed by atoms with Crippen LogP contribution in [-0.4, -0.2) is 41.8 Å². The largest absolute Gasteiger partial charge is 0.355 e. The van der Waals surface area contributed by atoms with Crippen LogP contribution in [0.25, 0.3) is 10.8 Å². The third-order valence-electron chi connectivity index (χ3n) is 6.11. The Balaban J connectivity index is 1.66. The molecule has 3 amide bonds. The maximum Gasteiger partial charge on any atom is 0.259 e. The Morgan fingerprint density at radius 3 is 2.45 bits per heavy atom. The quantitative estimate of drug-likeness (QED) is 0.571. The summed E-state index contributed by atoms with van der Waals surface area (Å²) >= 11 is 0. The summed E-state index contributed by atoms with van der Waals surface area (Å²) in [4.78, 5) is 42.8. The van der Waals surface area contributed by atoms with Crippen molar-refractivity contribution in [2.24, 2.45) is 0 Å². The Labute approximate surface area is 194 Å². The normalized spacial score (nSPS) is 13.3. The van der Waals surface area contributed by atoms with Gasteiger partial charge < -0.3 is 10.2 Å². The van der Waals surface area contributed by atoms with Crippen molar-refractivity contribution < 1.29 is 14.4 Å². The van der Waals surface area contributed by atoms with Gasteiger partial charge in [0.1, 0.15) is 12.6 Å². The van der Waals surface area contributed by atoms with Gasteiger partial charge in [-0.15, -0.1) is 0 Å². The monoisotopic (exact) mass is 443 g/mol. The van der Waals surface area contributed by atoms with Crippen molar-refractivity contribution in [2.75, 3.05) is 18.0 Å². The van der Waals surface area contributed by atoms with Crippen molar-refractivity contribution in [3.8, 4) is 0 Å². The first kappa shape index (κ1) is 22.5. The molecule has 0 bridgehead atoms. The molecular weight excluding hydrogens is 414 g/mol. The minimum absolute atomic E-state index is 0.117. The predicted molar refractivity (Wildman–Crippen MR) is 130 cm³/mol. The highest BCUT2D eigenvalue weighted by Crippen LogP contribution is 2.37. The second kappa shape index (κ2) is 9.45. The molecule has 0 fully saturated rings. The van der Waals surface area contributed by atoms with E-state index in [1.807, 2.05) is 75.4 Å². The molecule has 6 nitrogen and oxygen atoms in total. The van der Waals surface area contributed by atoms with Crippen molar-refractivity contribution in [1.82, 2.24) is 10.2 Å². The van der Waals surface area contributed by atoms with E-state index < -0.39 is 6.04 Å². The van der Waals surface area contributed by atoms with Gasteiger partial charge in [-0.3, -0.25) is 19.3 Å². The fourth-order valence-electron chi connectivity index (χ4n) is 4.58. The highest BCUT2D eigenvalue weighted by atomic mass is 16.2. The van der Waals surface area contributed by atoms with Crippen molar-refractivity contribution in [3.05, 3.63) is 77.4 Å². The van der Waals surface area contributed by atoms with Gasteiger partial charge in [-0.2, -0.15) is 0 Å². The fraction of sp³-hybridized carbons (Fsp3) is 0.296. The zero-order valence-electron chi connectivity index (χ0n) is 19.3. The molecule has 6 heteroatoms. The summed E-state index contributed by atoms with van der Waals surface area (Å²) in [7, 11) is 0. The summed E-state index contributed by atoms with van der Waals surface area (Å²) in [6.07, 6.45) is 0.479. The molecule has 1 aliphatic rings. The van der Waals surface area contributed by atoms with Gasteiger partial charge in [0.2, 0.25) is 11.8 Å². The number of hydrogen-bond acceptors (Lipinski definition) is 3. The number of benzene rings is 3. The number of rotatable bonds is 8. The van der Waals surface area contributed by atoms with Crippen LogP contribution in [0.2, 0.25) is 0 Å². The molecule has 1 aliphatic heterocycles. The molecule has 0 radical (unpaired) electrons. The van der Waals surface area contributed by atoms with Gasteiger partial charge in [-0.25, -0.2) is 0 Å². The minimum Gasteiger partial charge on any atom is -0.355 e. The highest BCUT2D eigenvalue weighted by molar-refractivity contribution is 6.26. The van der Waals surface area contributed by atoms with Crippen molar-refractivity contribution in [3.63, 3.8) is 0 Å². The first-order chi connectivity index (χ1) is 15.9. The van der Waals surface area contributed by atoms with E-state index >= 15 is 0 Å². The van der Waals surface area contributed by atoms with Gasteiger partial charge in [0.25, 0.3) is 5.91 Å². The van der Waals surface area contributed by atoms with Gasteiger partial charge in [0, 0.05) is 24.0 Å². The number of aryl methyl sites for hydroxylation is 1. The van der Waals surface area contributed by atoms with E-state index in [0.717, 1.165) is 27.6 Å². The fourth-order valence-corrected chi connectivity index (χ4v) is 4.58. The molecule has 0 spiro atoms. The Morgan fingerprint density at radius 1 is 1.03 bits per heavy atom. The molecule has 0 aliphatic carbocycles. The Hall–Kier alpha value is -3.67. The maximum atomic E-state index is 13.7. The number of likely N-dealkylation sites (N-methyl/N-ethyl adjacent to an activating group) is 1. The second-order valence-corrected chi connectivity index (χ2v) is 8.40. The molecule has 4 rings (SSSR count). The smallest absolute Gasteiger partial charge is 0.259 e. The molecule has 1 unspecified atom stereocenters. The summed E-state index contributed by atoms with van der Waals surface area (Å²) in [6.45, 7) is 6.43. The summed E-state index contributed by atoms with van der Waals surface area (Å²) < 4.78 is 0. The zero-order chi connectivity index (χ0) is 23.5. The molecule has 1 atom stereocenters. The summed E-state index contributed by atoms with van der Waals surface area (Å²) in [5.41, 5.74) is 3.38. The lowest BCUT2D eigenvalue weighted by molar-refractivity contribution is -0.140. The number of carbonyl (C=O) groups is 3.